The number of hydrogen-bond donors (Lipinski definition) is 0. The summed E-state index contributed by atoms with van der Waals surface area (Å²) in [5.74, 6) is 3.49. The summed E-state index contributed by atoms with van der Waals surface area (Å²) >= 11 is 0. The SMILES string of the molecule is c1ccc(C2(c3ccccc3)c3ccccc3-c3ccc(-c4ccc(N(c5ccc6c(c5)C5(c7ccccc7Oc7ccccc75)c5ccccc5-6)c5cccc6c5-c5ccccc5C65c6ccccc6Oc6ccccc65)cc4)cc32)cc1. The Bertz CT molecular complexity index is 4730. The van der Waals surface area contributed by atoms with Crippen LogP contribution in [0.2, 0.25) is 0 Å². The zero-order chi connectivity index (χ0) is 55.1. The molecule has 0 atom stereocenters. The summed E-state index contributed by atoms with van der Waals surface area (Å²) in [5.41, 5.74) is 25.7. The van der Waals surface area contributed by atoms with E-state index in [0.29, 0.717) is 0 Å². The van der Waals surface area contributed by atoms with Crippen molar-refractivity contribution < 1.29 is 9.47 Å². The van der Waals surface area contributed by atoms with Gasteiger partial charge in [-0.25, -0.2) is 0 Å². The fourth-order valence-electron chi connectivity index (χ4n) is 15.9. The van der Waals surface area contributed by atoms with E-state index < -0.39 is 16.2 Å². The molecular formula is C81H51NO2. The van der Waals surface area contributed by atoms with Gasteiger partial charge in [0.05, 0.1) is 21.9 Å². The van der Waals surface area contributed by atoms with Gasteiger partial charge in [-0.1, -0.05) is 249 Å². The first-order valence-electron chi connectivity index (χ1n) is 29.1. The smallest absolute Gasteiger partial charge is 0.132 e. The molecule has 0 saturated carbocycles. The molecule has 0 N–H and O–H groups in total. The lowest BCUT2D eigenvalue weighted by Gasteiger charge is -2.40. The molecule has 0 unspecified atom stereocenters. The highest BCUT2D eigenvalue weighted by Gasteiger charge is 2.54. The maximum absolute atomic E-state index is 6.82. The van der Waals surface area contributed by atoms with E-state index in [9.17, 15) is 0 Å². The third kappa shape index (κ3) is 6.09. The van der Waals surface area contributed by atoms with Crippen molar-refractivity contribution >= 4 is 17.1 Å². The fraction of sp³-hybridized carbons (Fsp3) is 0.0370. The quantitative estimate of drug-likeness (QED) is 0.166. The summed E-state index contributed by atoms with van der Waals surface area (Å²) in [7, 11) is 0. The van der Waals surface area contributed by atoms with Gasteiger partial charge in [-0.15, -0.1) is 0 Å². The highest BCUT2D eigenvalue weighted by atomic mass is 16.5. The fourth-order valence-corrected chi connectivity index (χ4v) is 15.9. The molecule has 0 bridgehead atoms. The van der Waals surface area contributed by atoms with Crippen LogP contribution in [-0.2, 0) is 16.2 Å². The molecule has 5 aliphatic rings. The van der Waals surface area contributed by atoms with E-state index in [1.54, 1.807) is 0 Å². The maximum Gasteiger partial charge on any atom is 0.132 e. The Morgan fingerprint density at radius 1 is 0.226 bits per heavy atom. The van der Waals surface area contributed by atoms with Crippen molar-refractivity contribution in [2.45, 2.75) is 16.2 Å². The maximum atomic E-state index is 6.82. The molecular weight excluding hydrogens is 1020 g/mol. The summed E-state index contributed by atoms with van der Waals surface area (Å²) < 4.78 is 13.6. The second-order valence-corrected chi connectivity index (χ2v) is 22.9. The average Bonchev–Trinajstić information content (AvgIpc) is 1.81. The number of benzene rings is 13. The number of nitrogens with zero attached hydrogens (tertiary/aromatic N) is 1. The Labute approximate surface area is 488 Å². The molecule has 0 saturated heterocycles. The van der Waals surface area contributed by atoms with E-state index >= 15 is 0 Å². The van der Waals surface area contributed by atoms with Gasteiger partial charge in [0.2, 0.25) is 0 Å². The summed E-state index contributed by atoms with van der Waals surface area (Å²) in [6, 6.07) is 114. The summed E-state index contributed by atoms with van der Waals surface area (Å²) in [6.07, 6.45) is 0. The standard InChI is InChI=1S/C81H51NO2/c1-3-22-54(23-4-1)79(55-24-5-2-6-25-55)63-29-10-7-26-58(63)60-48-44-53(50-71(60)79)52-42-45-56(46-43-52)82(57-47-49-61-59-27-8-11-30-64(59)81(72(61)51-57)68-34-15-19-40-76(68)84-77-41-20-16-35-69(77)81)73-37-21-36-70-78(73)62-28-9-12-31-65(62)80(70)66-32-13-17-38-74(66)83-75-39-18-14-33-67(75)80/h1-51H. The monoisotopic (exact) mass is 1070 g/mol. The van der Waals surface area contributed by atoms with Gasteiger partial charge in [-0.05, 0) is 144 Å². The summed E-state index contributed by atoms with van der Waals surface area (Å²) in [5, 5.41) is 0. The van der Waals surface area contributed by atoms with E-state index in [0.717, 1.165) is 67.9 Å². The Hall–Kier alpha value is -10.7. The molecule has 0 radical (unpaired) electrons. The molecule has 3 nitrogen and oxygen atoms in total. The highest BCUT2D eigenvalue weighted by Crippen LogP contribution is 2.66. The third-order valence-corrected chi connectivity index (χ3v) is 19.1. The molecule has 392 valence electrons. The molecule has 18 rings (SSSR count). The first-order chi connectivity index (χ1) is 41.7. The third-order valence-electron chi connectivity index (χ3n) is 19.1. The van der Waals surface area contributed by atoms with Crippen LogP contribution in [0.25, 0.3) is 44.5 Å². The van der Waals surface area contributed by atoms with Crippen molar-refractivity contribution in [2.75, 3.05) is 4.90 Å². The van der Waals surface area contributed by atoms with Gasteiger partial charge in [0.25, 0.3) is 0 Å². The Kier molecular flexibility index (Phi) is 9.86. The van der Waals surface area contributed by atoms with Gasteiger partial charge < -0.3 is 14.4 Å². The molecule has 0 fully saturated rings. The van der Waals surface area contributed by atoms with Crippen LogP contribution in [0.15, 0.2) is 309 Å². The van der Waals surface area contributed by atoms with Crippen molar-refractivity contribution in [3.05, 3.63) is 376 Å². The molecule has 3 aliphatic carbocycles. The summed E-state index contributed by atoms with van der Waals surface area (Å²) in [6.45, 7) is 0. The number of fused-ring (bicyclic) bond motifs is 21. The van der Waals surface area contributed by atoms with Crippen LogP contribution in [0, 0.1) is 0 Å². The Balaban J connectivity index is 0.876. The zero-order valence-corrected chi connectivity index (χ0v) is 45.7. The van der Waals surface area contributed by atoms with Gasteiger partial charge in [0.1, 0.15) is 23.0 Å². The van der Waals surface area contributed by atoms with Gasteiger partial charge >= 0.3 is 0 Å². The zero-order valence-electron chi connectivity index (χ0n) is 45.7. The number of rotatable bonds is 6. The van der Waals surface area contributed by atoms with Crippen molar-refractivity contribution in [1.82, 2.24) is 0 Å². The van der Waals surface area contributed by atoms with E-state index in [1.165, 1.54) is 83.5 Å². The van der Waals surface area contributed by atoms with Gasteiger partial charge in [0.15, 0.2) is 0 Å². The van der Waals surface area contributed by atoms with E-state index in [-0.39, 0.29) is 0 Å². The van der Waals surface area contributed by atoms with Gasteiger partial charge in [-0.2, -0.15) is 0 Å². The van der Waals surface area contributed by atoms with Crippen molar-refractivity contribution in [3.63, 3.8) is 0 Å². The van der Waals surface area contributed by atoms with E-state index in [1.807, 2.05) is 0 Å². The first-order valence-corrected chi connectivity index (χ1v) is 29.1. The minimum atomic E-state index is -0.657. The second kappa shape index (κ2) is 17.6. The molecule has 0 amide bonds. The van der Waals surface area contributed by atoms with E-state index in [4.69, 9.17) is 9.47 Å². The number of hydrogen-bond acceptors (Lipinski definition) is 3. The van der Waals surface area contributed by atoms with Crippen LogP contribution in [-0.4, -0.2) is 0 Å². The second-order valence-electron chi connectivity index (χ2n) is 22.9. The number of para-hydroxylation sites is 4. The van der Waals surface area contributed by atoms with Crippen LogP contribution in [0.1, 0.15) is 66.8 Å². The van der Waals surface area contributed by atoms with Crippen LogP contribution >= 0.6 is 0 Å². The minimum Gasteiger partial charge on any atom is -0.457 e. The Morgan fingerprint density at radius 2 is 0.595 bits per heavy atom. The first kappa shape index (κ1) is 47.0. The molecule has 13 aromatic rings. The number of anilines is 3. The van der Waals surface area contributed by atoms with Crippen LogP contribution < -0.4 is 14.4 Å². The average molecular weight is 1070 g/mol. The lowest BCUT2D eigenvalue weighted by molar-refractivity contribution is 0.436. The largest absolute Gasteiger partial charge is 0.457 e. The lowest BCUT2D eigenvalue weighted by atomic mass is 9.66. The van der Waals surface area contributed by atoms with Crippen LogP contribution in [0.5, 0.6) is 23.0 Å². The molecule has 2 heterocycles. The topological polar surface area (TPSA) is 21.7 Å². The van der Waals surface area contributed by atoms with Crippen molar-refractivity contribution in [2.24, 2.45) is 0 Å². The van der Waals surface area contributed by atoms with Crippen molar-refractivity contribution in [1.29, 1.82) is 0 Å². The van der Waals surface area contributed by atoms with Gasteiger partial charge in [0, 0.05) is 39.2 Å². The predicted octanol–water partition coefficient (Wildman–Crippen LogP) is 20.1. The van der Waals surface area contributed by atoms with E-state index in [2.05, 4.69) is 314 Å². The molecule has 3 heteroatoms. The predicted molar refractivity (Wildman–Crippen MR) is 339 cm³/mol. The molecule has 0 aromatic heterocycles. The van der Waals surface area contributed by atoms with Crippen LogP contribution in [0.4, 0.5) is 17.1 Å². The summed E-state index contributed by atoms with van der Waals surface area (Å²) in [4.78, 5) is 2.53. The normalized spacial score (nSPS) is 14.7. The van der Waals surface area contributed by atoms with Crippen LogP contribution in [0.3, 0.4) is 0 Å². The molecule has 2 aliphatic heterocycles. The highest BCUT2D eigenvalue weighted by molar-refractivity contribution is 6.00. The Morgan fingerprint density at radius 3 is 1.13 bits per heavy atom. The molecule has 84 heavy (non-hydrogen) atoms. The lowest BCUT2D eigenvalue weighted by Crippen LogP contribution is -2.32. The van der Waals surface area contributed by atoms with Gasteiger partial charge in [-0.3, -0.25) is 0 Å². The molecule has 13 aromatic carbocycles. The van der Waals surface area contributed by atoms with Crippen molar-refractivity contribution in [3.8, 4) is 67.5 Å². The molecule has 2 spiro atoms. The minimum absolute atomic E-state index is 0.510. The number of ether oxygens (including phenoxy) is 2.